The summed E-state index contributed by atoms with van der Waals surface area (Å²) in [6.45, 7) is 2.31. The summed E-state index contributed by atoms with van der Waals surface area (Å²) in [5.74, 6) is 1.88. The second-order valence-electron chi connectivity index (χ2n) is 7.98. The minimum atomic E-state index is 0. The second kappa shape index (κ2) is 11.0. The first kappa shape index (κ1) is 22.2. The normalized spacial score (nSPS) is 21.0. The van der Waals surface area contributed by atoms with E-state index in [2.05, 4.69) is 34.9 Å². The van der Waals surface area contributed by atoms with Gasteiger partial charge in [-0.2, -0.15) is 0 Å². The SMILES string of the molecule is I.c1ccc(CN=C(NCCc2ccco2)NC2CCOC3(CCCC3)C2)cc1. The van der Waals surface area contributed by atoms with Crippen molar-refractivity contribution in [2.24, 2.45) is 4.99 Å². The van der Waals surface area contributed by atoms with Crippen LogP contribution >= 0.6 is 24.0 Å². The van der Waals surface area contributed by atoms with Gasteiger partial charge in [0.05, 0.1) is 18.4 Å². The van der Waals surface area contributed by atoms with E-state index in [0.717, 1.165) is 44.1 Å². The fourth-order valence-electron chi connectivity index (χ4n) is 4.38. The van der Waals surface area contributed by atoms with Gasteiger partial charge in [-0.3, -0.25) is 0 Å². The molecule has 2 aliphatic rings. The third kappa shape index (κ3) is 6.47. The van der Waals surface area contributed by atoms with Crippen molar-refractivity contribution in [3.8, 4) is 0 Å². The predicted molar refractivity (Wildman–Crippen MR) is 127 cm³/mol. The van der Waals surface area contributed by atoms with Crippen molar-refractivity contribution in [1.82, 2.24) is 10.6 Å². The highest BCUT2D eigenvalue weighted by molar-refractivity contribution is 14.0. The lowest BCUT2D eigenvalue weighted by Crippen LogP contribution is -2.51. The van der Waals surface area contributed by atoms with Crippen LogP contribution in [0.15, 0.2) is 58.1 Å². The van der Waals surface area contributed by atoms with E-state index in [9.17, 15) is 0 Å². The molecule has 1 aromatic carbocycles. The van der Waals surface area contributed by atoms with Crippen LogP contribution in [0.4, 0.5) is 0 Å². The molecule has 1 aliphatic heterocycles. The van der Waals surface area contributed by atoms with Crippen molar-refractivity contribution < 1.29 is 9.15 Å². The molecule has 0 bridgehead atoms. The molecule has 6 heteroatoms. The maximum atomic E-state index is 6.18. The van der Waals surface area contributed by atoms with Crippen LogP contribution in [0.2, 0.25) is 0 Å². The third-order valence-corrected chi connectivity index (χ3v) is 5.86. The zero-order valence-corrected chi connectivity index (χ0v) is 19.3. The lowest BCUT2D eigenvalue weighted by atomic mass is 9.89. The van der Waals surface area contributed by atoms with E-state index in [1.165, 1.54) is 31.2 Å². The molecule has 1 spiro atoms. The van der Waals surface area contributed by atoms with Crippen LogP contribution in [0.1, 0.15) is 49.8 Å². The molecule has 4 rings (SSSR count). The monoisotopic (exact) mass is 509 g/mol. The summed E-state index contributed by atoms with van der Waals surface area (Å²) in [7, 11) is 0. The highest BCUT2D eigenvalue weighted by Crippen LogP contribution is 2.39. The summed E-state index contributed by atoms with van der Waals surface area (Å²) in [5.41, 5.74) is 1.32. The number of guanidine groups is 1. The van der Waals surface area contributed by atoms with Gasteiger partial charge in [-0.05, 0) is 43.4 Å². The number of ether oxygens (including phenoxy) is 1. The number of benzene rings is 1. The summed E-state index contributed by atoms with van der Waals surface area (Å²) >= 11 is 0. The number of rotatable bonds is 6. The number of aliphatic imine (C=N–C) groups is 1. The Labute approximate surface area is 190 Å². The zero-order valence-electron chi connectivity index (χ0n) is 16.9. The van der Waals surface area contributed by atoms with Gasteiger partial charge in [0.15, 0.2) is 5.96 Å². The maximum Gasteiger partial charge on any atom is 0.191 e. The summed E-state index contributed by atoms with van der Waals surface area (Å²) in [5, 5.41) is 7.18. The zero-order chi connectivity index (χ0) is 19.1. The number of halogens is 1. The Hall–Kier alpha value is -1.54. The Morgan fingerprint density at radius 3 is 2.69 bits per heavy atom. The molecule has 0 amide bonds. The smallest absolute Gasteiger partial charge is 0.191 e. The number of nitrogens with zero attached hydrogens (tertiary/aromatic N) is 1. The number of nitrogens with one attached hydrogen (secondary N) is 2. The summed E-state index contributed by atoms with van der Waals surface area (Å²) in [6, 6.07) is 14.8. The molecule has 5 nitrogen and oxygen atoms in total. The number of hydrogen-bond acceptors (Lipinski definition) is 3. The summed E-state index contributed by atoms with van der Waals surface area (Å²) < 4.78 is 11.6. The topological polar surface area (TPSA) is 58.8 Å². The second-order valence-corrected chi connectivity index (χ2v) is 7.98. The van der Waals surface area contributed by atoms with Crippen molar-refractivity contribution in [2.45, 2.75) is 63.1 Å². The van der Waals surface area contributed by atoms with Gasteiger partial charge in [0, 0.05) is 25.6 Å². The molecule has 2 fully saturated rings. The first-order valence-corrected chi connectivity index (χ1v) is 10.6. The molecule has 1 aliphatic carbocycles. The molecule has 1 aromatic heterocycles. The van der Waals surface area contributed by atoms with E-state index in [-0.39, 0.29) is 29.6 Å². The molecule has 29 heavy (non-hydrogen) atoms. The summed E-state index contributed by atoms with van der Waals surface area (Å²) in [4.78, 5) is 4.84. The Morgan fingerprint density at radius 2 is 1.93 bits per heavy atom. The lowest BCUT2D eigenvalue weighted by Gasteiger charge is -2.39. The van der Waals surface area contributed by atoms with Crippen molar-refractivity contribution in [2.75, 3.05) is 13.2 Å². The van der Waals surface area contributed by atoms with Gasteiger partial charge in [0.25, 0.3) is 0 Å². The van der Waals surface area contributed by atoms with Gasteiger partial charge in [-0.15, -0.1) is 24.0 Å². The molecule has 2 heterocycles. The predicted octanol–water partition coefficient (Wildman–Crippen LogP) is 4.67. The molecule has 2 aromatic rings. The van der Waals surface area contributed by atoms with Gasteiger partial charge in [0.1, 0.15) is 5.76 Å². The number of furan rings is 1. The minimum Gasteiger partial charge on any atom is -0.469 e. The van der Waals surface area contributed by atoms with Crippen LogP contribution in [0.3, 0.4) is 0 Å². The van der Waals surface area contributed by atoms with Gasteiger partial charge < -0.3 is 19.8 Å². The first-order chi connectivity index (χ1) is 13.8. The Morgan fingerprint density at radius 1 is 1.10 bits per heavy atom. The minimum absolute atomic E-state index is 0. The molecule has 0 radical (unpaired) electrons. The van der Waals surface area contributed by atoms with Crippen LogP contribution in [0, 0.1) is 0 Å². The van der Waals surface area contributed by atoms with E-state index in [1.54, 1.807) is 6.26 Å². The molecular formula is C23H32IN3O2. The van der Waals surface area contributed by atoms with Crippen LogP contribution in [0.5, 0.6) is 0 Å². The van der Waals surface area contributed by atoms with Crippen molar-refractivity contribution in [3.63, 3.8) is 0 Å². The highest BCUT2D eigenvalue weighted by Gasteiger charge is 2.40. The standard InChI is InChI=1S/C23H31N3O2.HI/c1-2-7-19(8-3-1)18-25-22(24-14-10-21-9-6-15-27-21)26-20-11-16-28-23(17-20)12-4-5-13-23;/h1-3,6-9,15,20H,4-5,10-14,16-18H2,(H2,24,25,26);1H. The van der Waals surface area contributed by atoms with Crippen LogP contribution in [-0.2, 0) is 17.7 Å². The molecule has 158 valence electrons. The molecule has 1 unspecified atom stereocenters. The van der Waals surface area contributed by atoms with Gasteiger partial charge >= 0.3 is 0 Å². The number of hydrogen-bond donors (Lipinski definition) is 2. The fraction of sp³-hybridized carbons (Fsp3) is 0.522. The average Bonchev–Trinajstić information content (AvgIpc) is 3.39. The largest absolute Gasteiger partial charge is 0.469 e. The molecule has 2 N–H and O–H groups in total. The fourth-order valence-corrected chi connectivity index (χ4v) is 4.38. The van der Waals surface area contributed by atoms with E-state index >= 15 is 0 Å². The molecule has 1 saturated heterocycles. The van der Waals surface area contributed by atoms with Crippen LogP contribution in [0.25, 0.3) is 0 Å². The van der Waals surface area contributed by atoms with E-state index in [1.807, 2.05) is 18.2 Å². The Kier molecular flexibility index (Phi) is 8.41. The van der Waals surface area contributed by atoms with E-state index in [0.29, 0.717) is 12.6 Å². The first-order valence-electron chi connectivity index (χ1n) is 10.6. The van der Waals surface area contributed by atoms with E-state index < -0.39 is 0 Å². The summed E-state index contributed by atoms with van der Waals surface area (Å²) in [6.07, 6.45) is 9.67. The molecular weight excluding hydrogens is 477 g/mol. The van der Waals surface area contributed by atoms with Crippen LogP contribution in [-0.4, -0.2) is 30.8 Å². The third-order valence-electron chi connectivity index (χ3n) is 5.86. The quantitative estimate of drug-likeness (QED) is 0.338. The van der Waals surface area contributed by atoms with Gasteiger partial charge in [0.2, 0.25) is 0 Å². The van der Waals surface area contributed by atoms with Crippen molar-refractivity contribution in [3.05, 3.63) is 60.1 Å². The lowest BCUT2D eigenvalue weighted by molar-refractivity contribution is -0.0815. The highest BCUT2D eigenvalue weighted by atomic mass is 127. The van der Waals surface area contributed by atoms with Crippen molar-refractivity contribution >= 4 is 29.9 Å². The van der Waals surface area contributed by atoms with Crippen LogP contribution < -0.4 is 10.6 Å². The van der Waals surface area contributed by atoms with E-state index in [4.69, 9.17) is 14.1 Å². The van der Waals surface area contributed by atoms with Crippen molar-refractivity contribution in [1.29, 1.82) is 0 Å². The van der Waals surface area contributed by atoms with Gasteiger partial charge in [-0.25, -0.2) is 4.99 Å². The van der Waals surface area contributed by atoms with Gasteiger partial charge in [-0.1, -0.05) is 43.2 Å². The molecule has 1 atom stereocenters. The molecule has 1 saturated carbocycles. The Balaban J connectivity index is 0.00000240. The maximum absolute atomic E-state index is 6.18. The Bertz CT molecular complexity index is 743. The average molecular weight is 509 g/mol.